The second-order valence-corrected chi connectivity index (χ2v) is 10.9. The molecule has 1 saturated heterocycles. The molecule has 2 atom stereocenters. The smallest absolute Gasteiger partial charge is 0.336 e. The Bertz CT molecular complexity index is 1550. The van der Waals surface area contributed by atoms with E-state index in [-0.39, 0.29) is 24.4 Å². The highest BCUT2D eigenvalue weighted by Gasteiger charge is 2.39. The molecule has 1 aliphatic heterocycles. The molecule has 3 aromatic carbocycles. The number of aromatic nitrogens is 1. The van der Waals surface area contributed by atoms with Crippen molar-refractivity contribution < 1.29 is 22.4 Å². The van der Waals surface area contributed by atoms with Crippen LogP contribution >= 0.6 is 23.2 Å². The van der Waals surface area contributed by atoms with Crippen molar-refractivity contribution in [3.8, 4) is 11.1 Å². The van der Waals surface area contributed by atoms with Gasteiger partial charge in [0, 0.05) is 49.6 Å². The SMILES string of the molecule is CN(Cc1ccc(C(F)(F)F)c(F)c1)[C@@H]1CN(C(=O)c2ccc(-c3ccncc3)cc2)C[C@@H]1c1ccc(Cl)c(Cl)c1. The molecule has 2 heterocycles. The van der Waals surface area contributed by atoms with E-state index in [1.165, 1.54) is 6.07 Å². The average molecular weight is 602 g/mol. The number of halogens is 6. The van der Waals surface area contributed by atoms with Crippen molar-refractivity contribution in [2.75, 3.05) is 20.1 Å². The summed E-state index contributed by atoms with van der Waals surface area (Å²) in [6.45, 7) is 0.926. The quantitative estimate of drug-likeness (QED) is 0.210. The first kappa shape index (κ1) is 29.0. The Morgan fingerprint density at radius 2 is 1.61 bits per heavy atom. The lowest BCUT2D eigenvalue weighted by atomic mass is 9.93. The van der Waals surface area contributed by atoms with Gasteiger partial charge in [-0.1, -0.05) is 47.5 Å². The number of pyridine rings is 1. The van der Waals surface area contributed by atoms with Gasteiger partial charge in [0.05, 0.1) is 15.6 Å². The van der Waals surface area contributed by atoms with Crippen molar-refractivity contribution in [3.05, 3.63) is 123 Å². The van der Waals surface area contributed by atoms with Gasteiger partial charge in [-0.3, -0.25) is 14.7 Å². The fraction of sp³-hybridized carbons (Fsp3) is 0.226. The van der Waals surface area contributed by atoms with Crippen LogP contribution in [0.5, 0.6) is 0 Å². The first-order valence-corrected chi connectivity index (χ1v) is 13.6. The highest BCUT2D eigenvalue weighted by molar-refractivity contribution is 6.42. The third kappa shape index (κ3) is 6.40. The van der Waals surface area contributed by atoms with Gasteiger partial charge >= 0.3 is 6.18 Å². The van der Waals surface area contributed by atoms with Crippen molar-refractivity contribution in [2.45, 2.75) is 24.7 Å². The molecule has 0 saturated carbocycles. The molecule has 10 heteroatoms. The Morgan fingerprint density at radius 3 is 2.24 bits per heavy atom. The molecule has 212 valence electrons. The lowest BCUT2D eigenvalue weighted by Crippen LogP contribution is -2.38. The summed E-state index contributed by atoms with van der Waals surface area (Å²) in [5.41, 5.74) is 2.44. The van der Waals surface area contributed by atoms with E-state index in [9.17, 15) is 22.4 Å². The van der Waals surface area contributed by atoms with Crippen molar-refractivity contribution >= 4 is 29.1 Å². The van der Waals surface area contributed by atoms with Gasteiger partial charge in [0.2, 0.25) is 0 Å². The van der Waals surface area contributed by atoms with Crippen molar-refractivity contribution in [2.24, 2.45) is 0 Å². The highest BCUT2D eigenvalue weighted by Crippen LogP contribution is 2.36. The van der Waals surface area contributed by atoms with E-state index in [0.29, 0.717) is 34.3 Å². The van der Waals surface area contributed by atoms with Crippen LogP contribution in [0.15, 0.2) is 85.2 Å². The predicted molar refractivity (Wildman–Crippen MR) is 151 cm³/mol. The number of likely N-dealkylation sites (tertiary alicyclic amines) is 1. The Morgan fingerprint density at radius 1 is 0.927 bits per heavy atom. The zero-order chi connectivity index (χ0) is 29.3. The molecular formula is C31H25Cl2F4N3O. The van der Waals surface area contributed by atoms with Crippen molar-refractivity contribution in [1.29, 1.82) is 0 Å². The van der Waals surface area contributed by atoms with E-state index in [1.54, 1.807) is 41.6 Å². The molecule has 0 unspecified atom stereocenters. The summed E-state index contributed by atoms with van der Waals surface area (Å²) < 4.78 is 53.4. The summed E-state index contributed by atoms with van der Waals surface area (Å²) in [4.78, 5) is 21.3. The standard InChI is InChI=1S/C31H25Cl2F4N3O/c1-39(16-19-2-8-25(28(34)14-19)31(35,36)37)29-18-40(17-24(29)23-7-9-26(32)27(33)15-23)30(41)22-5-3-20(4-6-22)21-10-12-38-13-11-21/h2-15,24,29H,16-18H2,1H3/t24-,29-/m1/s1. The molecule has 0 N–H and O–H groups in total. The van der Waals surface area contributed by atoms with Gasteiger partial charge in [0.15, 0.2) is 0 Å². The number of likely N-dealkylation sites (N-methyl/N-ethyl adjacent to an activating group) is 1. The van der Waals surface area contributed by atoms with Crippen LogP contribution in [0.1, 0.15) is 33.0 Å². The summed E-state index contributed by atoms with van der Waals surface area (Å²) in [5, 5.41) is 0.785. The fourth-order valence-corrected chi connectivity index (χ4v) is 5.60. The molecular weight excluding hydrogens is 577 g/mol. The van der Waals surface area contributed by atoms with E-state index in [4.69, 9.17) is 23.2 Å². The molecule has 1 amide bonds. The molecule has 1 fully saturated rings. The van der Waals surface area contributed by atoms with Crippen molar-refractivity contribution in [1.82, 2.24) is 14.8 Å². The molecule has 0 spiro atoms. The van der Waals surface area contributed by atoms with Crippen LogP contribution in [0.3, 0.4) is 0 Å². The van der Waals surface area contributed by atoms with E-state index in [2.05, 4.69) is 4.98 Å². The minimum Gasteiger partial charge on any atom is -0.336 e. The molecule has 0 radical (unpaired) electrons. The zero-order valence-corrected chi connectivity index (χ0v) is 23.4. The van der Waals surface area contributed by atoms with Crippen LogP contribution in [-0.4, -0.2) is 46.9 Å². The maximum Gasteiger partial charge on any atom is 0.419 e. The Hall–Kier alpha value is -3.46. The normalized spacial score (nSPS) is 17.3. The van der Waals surface area contributed by atoms with Gasteiger partial charge in [-0.15, -0.1) is 0 Å². The van der Waals surface area contributed by atoms with E-state index in [1.807, 2.05) is 42.3 Å². The summed E-state index contributed by atoms with van der Waals surface area (Å²) in [7, 11) is 1.81. The number of rotatable bonds is 6. The number of hydrogen-bond acceptors (Lipinski definition) is 3. The van der Waals surface area contributed by atoms with Crippen LogP contribution < -0.4 is 0 Å². The minimum atomic E-state index is -4.77. The molecule has 1 aliphatic rings. The third-order valence-electron chi connectivity index (χ3n) is 7.43. The maximum absolute atomic E-state index is 14.3. The number of hydrogen-bond donors (Lipinski definition) is 0. The topological polar surface area (TPSA) is 36.4 Å². The molecule has 4 aromatic rings. The number of alkyl halides is 3. The van der Waals surface area contributed by atoms with E-state index < -0.39 is 17.6 Å². The van der Waals surface area contributed by atoms with Gasteiger partial charge in [0.25, 0.3) is 5.91 Å². The van der Waals surface area contributed by atoms with Crippen molar-refractivity contribution in [3.63, 3.8) is 0 Å². The first-order chi connectivity index (χ1) is 19.5. The van der Waals surface area contributed by atoms with Crippen LogP contribution in [0.2, 0.25) is 10.0 Å². The van der Waals surface area contributed by atoms with Gasteiger partial charge in [-0.2, -0.15) is 13.2 Å². The van der Waals surface area contributed by atoms with Gasteiger partial charge in [0.1, 0.15) is 5.82 Å². The van der Waals surface area contributed by atoms with Crippen LogP contribution in [0.4, 0.5) is 17.6 Å². The van der Waals surface area contributed by atoms with E-state index >= 15 is 0 Å². The molecule has 0 aliphatic carbocycles. The maximum atomic E-state index is 14.3. The van der Waals surface area contributed by atoms with Gasteiger partial charge in [-0.25, -0.2) is 4.39 Å². The molecule has 0 bridgehead atoms. The largest absolute Gasteiger partial charge is 0.419 e. The summed E-state index contributed by atoms with van der Waals surface area (Å²) >= 11 is 12.5. The Labute approximate surface area is 245 Å². The Kier molecular flexibility index (Phi) is 8.36. The van der Waals surface area contributed by atoms with Crippen LogP contribution in [0, 0.1) is 5.82 Å². The molecule has 4 nitrogen and oxygen atoms in total. The molecule has 41 heavy (non-hydrogen) atoms. The Balaban J connectivity index is 1.39. The number of carbonyl (C=O) groups is 1. The highest BCUT2D eigenvalue weighted by atomic mass is 35.5. The average Bonchev–Trinajstić information content (AvgIpc) is 3.40. The van der Waals surface area contributed by atoms with Crippen LogP contribution in [-0.2, 0) is 12.7 Å². The summed E-state index contributed by atoms with van der Waals surface area (Å²) in [6.07, 6.45) is -1.36. The number of amides is 1. The predicted octanol–water partition coefficient (Wildman–Crippen LogP) is 7.95. The monoisotopic (exact) mass is 601 g/mol. The lowest BCUT2D eigenvalue weighted by Gasteiger charge is -2.29. The fourth-order valence-electron chi connectivity index (χ4n) is 5.29. The third-order valence-corrected chi connectivity index (χ3v) is 8.17. The molecule has 1 aromatic heterocycles. The van der Waals surface area contributed by atoms with Gasteiger partial charge in [-0.05, 0) is 77.8 Å². The number of benzene rings is 3. The number of carbonyl (C=O) groups excluding carboxylic acids is 1. The number of nitrogens with zero attached hydrogens (tertiary/aromatic N) is 3. The second-order valence-electron chi connectivity index (χ2n) is 10.1. The van der Waals surface area contributed by atoms with Crippen LogP contribution in [0.25, 0.3) is 11.1 Å². The van der Waals surface area contributed by atoms with Gasteiger partial charge < -0.3 is 4.90 Å². The zero-order valence-electron chi connectivity index (χ0n) is 21.9. The first-order valence-electron chi connectivity index (χ1n) is 12.8. The van der Waals surface area contributed by atoms with E-state index in [0.717, 1.165) is 28.8 Å². The second kappa shape index (κ2) is 11.8. The molecule has 5 rings (SSSR count). The summed E-state index contributed by atoms with van der Waals surface area (Å²) in [5.74, 6) is -1.63. The minimum absolute atomic E-state index is 0.146. The summed E-state index contributed by atoms with van der Waals surface area (Å²) in [6, 6.07) is 19.2. The lowest BCUT2D eigenvalue weighted by molar-refractivity contribution is -0.140.